The van der Waals surface area contributed by atoms with Crippen molar-refractivity contribution in [1.82, 2.24) is 15.1 Å². The predicted molar refractivity (Wildman–Crippen MR) is 129 cm³/mol. The summed E-state index contributed by atoms with van der Waals surface area (Å²) in [5.41, 5.74) is 3.77. The van der Waals surface area contributed by atoms with Crippen LogP contribution in [0.2, 0.25) is 0 Å². The summed E-state index contributed by atoms with van der Waals surface area (Å²) in [5, 5.41) is 14.5. The first-order valence-electron chi connectivity index (χ1n) is 10.9. The fourth-order valence-corrected chi connectivity index (χ4v) is 4.33. The highest BCUT2D eigenvalue weighted by Crippen LogP contribution is 2.29. The Morgan fingerprint density at radius 2 is 1.82 bits per heavy atom. The molecule has 1 aromatic heterocycles. The van der Waals surface area contributed by atoms with E-state index in [1.165, 1.54) is 11.8 Å². The zero-order valence-electron chi connectivity index (χ0n) is 18.7. The first kappa shape index (κ1) is 22.8. The molecule has 9 heteroatoms. The number of anilines is 2. The smallest absolute Gasteiger partial charge is 0.321 e. The normalized spacial score (nSPS) is 14.2. The number of rotatable bonds is 6. The van der Waals surface area contributed by atoms with Gasteiger partial charge in [-0.15, -0.1) is 10.2 Å². The van der Waals surface area contributed by atoms with Gasteiger partial charge in [0.05, 0.1) is 5.75 Å². The summed E-state index contributed by atoms with van der Waals surface area (Å²) in [7, 11) is 0. The second-order valence-electron chi connectivity index (χ2n) is 8.12. The second kappa shape index (κ2) is 10.5. The van der Waals surface area contributed by atoms with Crippen LogP contribution in [-0.2, 0) is 4.79 Å². The molecule has 0 bridgehead atoms. The SMILES string of the molecule is Cc1ccc(NC(=O)CSc2nnc(C3CCN(C(=O)Nc4ccccc4)CC3)o2)c(C)c1. The largest absolute Gasteiger partial charge is 0.416 e. The monoisotopic (exact) mass is 465 g/mol. The van der Waals surface area contributed by atoms with Crippen molar-refractivity contribution < 1.29 is 14.0 Å². The summed E-state index contributed by atoms with van der Waals surface area (Å²) >= 11 is 1.22. The zero-order chi connectivity index (χ0) is 23.2. The molecule has 2 aromatic carbocycles. The Morgan fingerprint density at radius 3 is 2.55 bits per heavy atom. The molecule has 3 amide bonds. The van der Waals surface area contributed by atoms with Crippen molar-refractivity contribution in [3.05, 3.63) is 65.5 Å². The van der Waals surface area contributed by atoms with Crippen LogP contribution in [0.15, 0.2) is 58.2 Å². The summed E-state index contributed by atoms with van der Waals surface area (Å²) in [4.78, 5) is 26.6. The molecule has 1 saturated heterocycles. The lowest BCUT2D eigenvalue weighted by Gasteiger charge is -2.30. The molecular weight excluding hydrogens is 438 g/mol. The van der Waals surface area contributed by atoms with Crippen LogP contribution in [0.25, 0.3) is 0 Å². The number of carbonyl (C=O) groups is 2. The molecule has 0 unspecified atom stereocenters. The number of likely N-dealkylation sites (tertiary alicyclic amines) is 1. The Hall–Kier alpha value is -3.33. The summed E-state index contributed by atoms with van der Waals surface area (Å²) in [6, 6.07) is 15.2. The minimum absolute atomic E-state index is 0.101. The molecule has 0 radical (unpaired) electrons. The van der Waals surface area contributed by atoms with Gasteiger partial charge in [0.15, 0.2) is 0 Å². The predicted octanol–water partition coefficient (Wildman–Crippen LogP) is 4.83. The van der Waals surface area contributed by atoms with Gasteiger partial charge in [-0.1, -0.05) is 47.7 Å². The molecule has 33 heavy (non-hydrogen) atoms. The number of hydrogen-bond acceptors (Lipinski definition) is 6. The number of nitrogens with one attached hydrogen (secondary N) is 2. The van der Waals surface area contributed by atoms with Crippen LogP contribution >= 0.6 is 11.8 Å². The van der Waals surface area contributed by atoms with E-state index in [0.29, 0.717) is 24.2 Å². The minimum Gasteiger partial charge on any atom is -0.416 e. The van der Waals surface area contributed by atoms with E-state index in [1.54, 1.807) is 4.90 Å². The fraction of sp³-hybridized carbons (Fsp3) is 0.333. The van der Waals surface area contributed by atoms with Gasteiger partial charge in [0, 0.05) is 30.4 Å². The number of para-hydroxylation sites is 1. The van der Waals surface area contributed by atoms with Gasteiger partial charge in [0.25, 0.3) is 5.22 Å². The van der Waals surface area contributed by atoms with Crippen LogP contribution in [0.5, 0.6) is 0 Å². The van der Waals surface area contributed by atoms with Crippen molar-refractivity contribution in [2.45, 2.75) is 37.8 Å². The lowest BCUT2D eigenvalue weighted by molar-refractivity contribution is -0.113. The molecule has 0 aliphatic carbocycles. The Morgan fingerprint density at radius 1 is 1.06 bits per heavy atom. The maximum absolute atomic E-state index is 12.5. The molecule has 1 fully saturated rings. The molecule has 4 rings (SSSR count). The number of benzene rings is 2. The van der Waals surface area contributed by atoms with E-state index in [2.05, 4.69) is 20.8 Å². The number of aromatic nitrogens is 2. The highest BCUT2D eigenvalue weighted by molar-refractivity contribution is 7.99. The average Bonchev–Trinajstić information content (AvgIpc) is 3.29. The van der Waals surface area contributed by atoms with E-state index in [9.17, 15) is 9.59 Å². The number of urea groups is 1. The fourth-order valence-electron chi connectivity index (χ4n) is 3.76. The van der Waals surface area contributed by atoms with Crippen LogP contribution in [0.1, 0.15) is 35.8 Å². The van der Waals surface area contributed by atoms with Gasteiger partial charge >= 0.3 is 6.03 Å². The number of piperidine rings is 1. The van der Waals surface area contributed by atoms with Crippen LogP contribution in [0.4, 0.5) is 16.2 Å². The minimum atomic E-state index is -0.121. The van der Waals surface area contributed by atoms with E-state index in [4.69, 9.17) is 4.42 Å². The zero-order valence-corrected chi connectivity index (χ0v) is 19.5. The average molecular weight is 466 g/mol. The van der Waals surface area contributed by atoms with Crippen molar-refractivity contribution in [1.29, 1.82) is 0 Å². The summed E-state index contributed by atoms with van der Waals surface area (Å²) < 4.78 is 5.80. The molecule has 3 aromatic rings. The number of amides is 3. The molecule has 2 N–H and O–H groups in total. The number of thioether (sulfide) groups is 1. The third-order valence-corrected chi connectivity index (χ3v) is 6.38. The van der Waals surface area contributed by atoms with Crippen molar-refractivity contribution in [2.75, 3.05) is 29.5 Å². The molecule has 2 heterocycles. The van der Waals surface area contributed by atoms with Crippen molar-refractivity contribution >= 4 is 35.1 Å². The maximum atomic E-state index is 12.5. The Kier molecular flexibility index (Phi) is 7.29. The van der Waals surface area contributed by atoms with Gasteiger partial charge in [0.1, 0.15) is 0 Å². The third kappa shape index (κ3) is 6.13. The Balaban J connectivity index is 1.23. The molecule has 1 aliphatic rings. The topological polar surface area (TPSA) is 100 Å². The van der Waals surface area contributed by atoms with E-state index in [-0.39, 0.29) is 23.6 Å². The number of carbonyl (C=O) groups excluding carboxylic acids is 2. The van der Waals surface area contributed by atoms with E-state index in [0.717, 1.165) is 35.3 Å². The molecule has 8 nitrogen and oxygen atoms in total. The molecule has 1 aliphatic heterocycles. The summed E-state index contributed by atoms with van der Waals surface area (Å²) in [5.74, 6) is 0.740. The highest BCUT2D eigenvalue weighted by Gasteiger charge is 2.27. The molecule has 172 valence electrons. The molecule has 0 atom stereocenters. The van der Waals surface area contributed by atoms with Crippen LogP contribution in [0.3, 0.4) is 0 Å². The molecule has 0 spiro atoms. The van der Waals surface area contributed by atoms with Gasteiger partial charge in [0.2, 0.25) is 11.8 Å². The summed E-state index contributed by atoms with van der Waals surface area (Å²) in [6.45, 7) is 5.22. The van der Waals surface area contributed by atoms with Gasteiger partial charge < -0.3 is 20.0 Å². The first-order valence-corrected chi connectivity index (χ1v) is 11.9. The highest BCUT2D eigenvalue weighted by atomic mass is 32.2. The van der Waals surface area contributed by atoms with Gasteiger partial charge in [-0.3, -0.25) is 4.79 Å². The van der Waals surface area contributed by atoms with E-state index >= 15 is 0 Å². The number of hydrogen-bond donors (Lipinski definition) is 2. The first-order chi connectivity index (χ1) is 16.0. The second-order valence-corrected chi connectivity index (χ2v) is 9.05. The van der Waals surface area contributed by atoms with Gasteiger partial charge in [-0.25, -0.2) is 4.79 Å². The van der Waals surface area contributed by atoms with Crippen LogP contribution in [-0.4, -0.2) is 45.9 Å². The van der Waals surface area contributed by atoms with Crippen molar-refractivity contribution in [3.63, 3.8) is 0 Å². The lowest BCUT2D eigenvalue weighted by Crippen LogP contribution is -2.40. The quantitative estimate of drug-likeness (QED) is 0.506. The van der Waals surface area contributed by atoms with E-state index in [1.807, 2.05) is 62.4 Å². The third-order valence-electron chi connectivity index (χ3n) is 5.56. The maximum Gasteiger partial charge on any atom is 0.321 e. The number of nitrogens with zero attached hydrogens (tertiary/aromatic N) is 3. The van der Waals surface area contributed by atoms with Gasteiger partial charge in [-0.2, -0.15) is 0 Å². The lowest BCUT2D eigenvalue weighted by atomic mass is 9.97. The Bertz CT molecular complexity index is 1110. The number of aryl methyl sites for hydroxylation is 2. The molecular formula is C24H27N5O3S. The van der Waals surface area contributed by atoms with Crippen LogP contribution < -0.4 is 10.6 Å². The standard InChI is InChI=1S/C24H27N5O3S/c1-16-8-9-20(17(2)14-16)26-21(30)15-33-24-28-27-22(32-24)18-10-12-29(13-11-18)23(31)25-19-6-4-3-5-7-19/h3-9,14,18H,10-13,15H2,1-2H3,(H,25,31)(H,26,30). The van der Waals surface area contributed by atoms with E-state index < -0.39 is 0 Å². The molecule has 0 saturated carbocycles. The van der Waals surface area contributed by atoms with Crippen molar-refractivity contribution in [2.24, 2.45) is 0 Å². The summed E-state index contributed by atoms with van der Waals surface area (Å²) in [6.07, 6.45) is 1.50. The van der Waals surface area contributed by atoms with Gasteiger partial charge in [-0.05, 0) is 50.5 Å². The van der Waals surface area contributed by atoms with Crippen molar-refractivity contribution in [3.8, 4) is 0 Å². The van der Waals surface area contributed by atoms with Crippen LogP contribution in [0, 0.1) is 13.8 Å². The Labute approximate surface area is 197 Å².